The number of nitrogens with zero attached hydrogens (tertiary/aromatic N) is 2. The first-order valence-corrected chi connectivity index (χ1v) is 11.6. The smallest absolute Gasteiger partial charge is 0.145 e. The van der Waals surface area contributed by atoms with E-state index in [2.05, 4.69) is 127 Å². The van der Waals surface area contributed by atoms with Gasteiger partial charge in [-0.05, 0) is 59.0 Å². The van der Waals surface area contributed by atoms with Crippen LogP contribution in [0, 0.1) is 6.92 Å². The van der Waals surface area contributed by atoms with Crippen molar-refractivity contribution in [1.29, 1.82) is 0 Å². The molecule has 0 N–H and O–H groups in total. The molecule has 2 nitrogen and oxygen atoms in total. The van der Waals surface area contributed by atoms with Gasteiger partial charge in [0.05, 0.1) is 11.0 Å². The van der Waals surface area contributed by atoms with E-state index in [0.717, 1.165) is 28.1 Å². The number of aromatic nitrogens is 2. The lowest BCUT2D eigenvalue weighted by Crippen LogP contribution is -1.97. The maximum absolute atomic E-state index is 5.00. The quantitative estimate of drug-likeness (QED) is 0.271. The van der Waals surface area contributed by atoms with Crippen LogP contribution in [0.2, 0.25) is 0 Å². The van der Waals surface area contributed by atoms with Gasteiger partial charge in [0.25, 0.3) is 0 Å². The second kappa shape index (κ2) is 8.49. The van der Waals surface area contributed by atoms with Crippen LogP contribution < -0.4 is 0 Å². The number of hydrogen-bond donors (Lipinski definition) is 0. The lowest BCUT2D eigenvalue weighted by molar-refractivity contribution is 1.10. The molecule has 0 spiro atoms. The van der Waals surface area contributed by atoms with E-state index in [9.17, 15) is 0 Å². The first-order chi connectivity index (χ1) is 16.8. The van der Waals surface area contributed by atoms with E-state index < -0.39 is 0 Å². The monoisotopic (exact) mass is 436 g/mol. The molecule has 0 atom stereocenters. The molecule has 1 heterocycles. The summed E-state index contributed by atoms with van der Waals surface area (Å²) >= 11 is 0. The van der Waals surface area contributed by atoms with Crippen molar-refractivity contribution in [2.24, 2.45) is 0 Å². The summed E-state index contributed by atoms with van der Waals surface area (Å²) < 4.78 is 2.24. The summed E-state index contributed by atoms with van der Waals surface area (Å²) in [4.78, 5) is 5.00. The summed E-state index contributed by atoms with van der Waals surface area (Å²) in [5.41, 5.74) is 10.6. The summed E-state index contributed by atoms with van der Waals surface area (Å²) in [5.74, 6) is 0.950. The number of para-hydroxylation sites is 3. The number of hydrogen-bond acceptors (Lipinski definition) is 1. The van der Waals surface area contributed by atoms with Crippen molar-refractivity contribution >= 4 is 11.0 Å². The molecule has 34 heavy (non-hydrogen) atoms. The fourth-order valence-corrected chi connectivity index (χ4v) is 4.70. The topological polar surface area (TPSA) is 17.8 Å². The van der Waals surface area contributed by atoms with Crippen molar-refractivity contribution in [3.05, 3.63) is 133 Å². The van der Waals surface area contributed by atoms with Gasteiger partial charge in [-0.15, -0.1) is 0 Å². The maximum atomic E-state index is 5.00. The van der Waals surface area contributed by atoms with Crippen LogP contribution in [0.15, 0.2) is 127 Å². The Morgan fingerprint density at radius 3 is 1.85 bits per heavy atom. The minimum absolute atomic E-state index is 0.950. The number of rotatable bonds is 4. The van der Waals surface area contributed by atoms with Crippen molar-refractivity contribution in [3.8, 4) is 39.3 Å². The van der Waals surface area contributed by atoms with E-state index >= 15 is 0 Å². The largest absolute Gasteiger partial charge is 0.292 e. The Morgan fingerprint density at radius 1 is 0.500 bits per heavy atom. The van der Waals surface area contributed by atoms with Crippen LogP contribution in [0.3, 0.4) is 0 Å². The van der Waals surface area contributed by atoms with Crippen molar-refractivity contribution in [2.45, 2.75) is 6.92 Å². The van der Waals surface area contributed by atoms with Gasteiger partial charge >= 0.3 is 0 Å². The molecule has 0 saturated heterocycles. The Hall–Kier alpha value is -4.43. The third-order valence-corrected chi connectivity index (χ3v) is 6.39. The average molecular weight is 437 g/mol. The van der Waals surface area contributed by atoms with Crippen molar-refractivity contribution < 1.29 is 0 Å². The van der Waals surface area contributed by atoms with Gasteiger partial charge in [0.15, 0.2) is 0 Å². The minimum atomic E-state index is 0.950. The number of imidazole rings is 1. The lowest BCUT2D eigenvalue weighted by atomic mass is 9.92. The maximum Gasteiger partial charge on any atom is 0.145 e. The van der Waals surface area contributed by atoms with E-state index in [-0.39, 0.29) is 0 Å². The van der Waals surface area contributed by atoms with E-state index in [1.165, 1.54) is 27.8 Å². The van der Waals surface area contributed by atoms with E-state index in [1.54, 1.807) is 0 Å². The van der Waals surface area contributed by atoms with Crippen LogP contribution in [0.5, 0.6) is 0 Å². The molecule has 0 bridgehead atoms. The Kier molecular flexibility index (Phi) is 5.04. The zero-order valence-corrected chi connectivity index (χ0v) is 19.0. The summed E-state index contributed by atoms with van der Waals surface area (Å²) in [7, 11) is 0. The van der Waals surface area contributed by atoms with Gasteiger partial charge in [-0.25, -0.2) is 4.98 Å². The van der Waals surface area contributed by atoms with Crippen LogP contribution in [0.25, 0.3) is 50.4 Å². The predicted octanol–water partition coefficient (Wildman–Crippen LogP) is 8.33. The van der Waals surface area contributed by atoms with Gasteiger partial charge in [-0.3, -0.25) is 4.57 Å². The van der Waals surface area contributed by atoms with Crippen LogP contribution in [-0.2, 0) is 0 Å². The highest BCUT2D eigenvalue weighted by Crippen LogP contribution is 2.35. The minimum Gasteiger partial charge on any atom is -0.292 e. The van der Waals surface area contributed by atoms with Crippen LogP contribution >= 0.6 is 0 Å². The van der Waals surface area contributed by atoms with Gasteiger partial charge in [-0.1, -0.05) is 103 Å². The van der Waals surface area contributed by atoms with Crippen molar-refractivity contribution in [2.75, 3.05) is 0 Å². The first-order valence-electron chi connectivity index (χ1n) is 11.6. The Balaban J connectivity index is 1.47. The molecule has 1 aromatic heterocycles. The fraction of sp³-hybridized carbons (Fsp3) is 0.0312. The van der Waals surface area contributed by atoms with Gasteiger partial charge in [0.2, 0.25) is 0 Å². The van der Waals surface area contributed by atoms with Crippen LogP contribution in [0.1, 0.15) is 5.56 Å². The number of aryl methyl sites for hydroxylation is 1. The Labute approximate surface area is 199 Å². The molecule has 2 heteroatoms. The molecule has 0 aliphatic heterocycles. The molecule has 6 rings (SSSR count). The normalized spacial score (nSPS) is 11.1. The van der Waals surface area contributed by atoms with Crippen LogP contribution in [0.4, 0.5) is 0 Å². The summed E-state index contributed by atoms with van der Waals surface area (Å²) in [6.45, 7) is 2.17. The number of fused-ring (bicyclic) bond motifs is 1. The van der Waals surface area contributed by atoms with Crippen molar-refractivity contribution in [1.82, 2.24) is 9.55 Å². The molecular formula is C32H24N2. The van der Waals surface area contributed by atoms with Crippen LogP contribution in [-0.4, -0.2) is 9.55 Å². The molecule has 0 unspecified atom stereocenters. The van der Waals surface area contributed by atoms with E-state index in [4.69, 9.17) is 4.98 Å². The average Bonchev–Trinajstić information content (AvgIpc) is 3.29. The third kappa shape index (κ3) is 3.50. The zero-order chi connectivity index (χ0) is 22.9. The molecule has 5 aromatic carbocycles. The lowest BCUT2D eigenvalue weighted by Gasteiger charge is -2.13. The number of benzene rings is 5. The van der Waals surface area contributed by atoms with Crippen molar-refractivity contribution in [3.63, 3.8) is 0 Å². The second-order valence-corrected chi connectivity index (χ2v) is 8.53. The molecular weight excluding hydrogens is 412 g/mol. The first kappa shape index (κ1) is 20.2. The Bertz CT molecular complexity index is 1590. The van der Waals surface area contributed by atoms with E-state index in [1.807, 2.05) is 12.1 Å². The Morgan fingerprint density at radius 2 is 1.09 bits per heavy atom. The standard InChI is InChI=1S/C32H24N2/c1-23-11-5-6-14-27(23)29-16-8-7-15-28(29)24-19-21-25(22-20-24)32-33-30-17-9-10-18-31(30)34(32)26-12-3-2-4-13-26/h2-22H,1H3. The highest BCUT2D eigenvalue weighted by molar-refractivity contribution is 5.86. The highest BCUT2D eigenvalue weighted by atomic mass is 15.1. The molecule has 0 radical (unpaired) electrons. The molecule has 6 aromatic rings. The summed E-state index contributed by atoms with van der Waals surface area (Å²) in [6.07, 6.45) is 0. The van der Waals surface area contributed by atoms with Gasteiger partial charge in [0.1, 0.15) is 5.82 Å². The second-order valence-electron chi connectivity index (χ2n) is 8.53. The van der Waals surface area contributed by atoms with Gasteiger partial charge in [0, 0.05) is 11.3 Å². The van der Waals surface area contributed by atoms with Gasteiger partial charge < -0.3 is 0 Å². The highest BCUT2D eigenvalue weighted by Gasteiger charge is 2.15. The molecule has 0 aliphatic carbocycles. The molecule has 0 fully saturated rings. The fourth-order valence-electron chi connectivity index (χ4n) is 4.70. The summed E-state index contributed by atoms with van der Waals surface area (Å²) in [5, 5.41) is 0. The SMILES string of the molecule is Cc1ccccc1-c1ccccc1-c1ccc(-c2nc3ccccc3n2-c2ccccc2)cc1. The predicted molar refractivity (Wildman–Crippen MR) is 142 cm³/mol. The van der Waals surface area contributed by atoms with Gasteiger partial charge in [-0.2, -0.15) is 0 Å². The zero-order valence-electron chi connectivity index (χ0n) is 19.0. The van der Waals surface area contributed by atoms with E-state index in [0.29, 0.717) is 0 Å². The molecule has 0 amide bonds. The summed E-state index contributed by atoms with van der Waals surface area (Å²) in [6, 6.07) is 44.8. The molecule has 0 aliphatic rings. The molecule has 162 valence electrons. The molecule has 0 saturated carbocycles. The third-order valence-electron chi connectivity index (χ3n) is 6.39.